The Hall–Kier alpha value is -1.37. The summed E-state index contributed by atoms with van der Waals surface area (Å²) >= 11 is 0. The van der Waals surface area contributed by atoms with Crippen LogP contribution in [0.1, 0.15) is 53.9 Å². The molecule has 0 radical (unpaired) electrons. The van der Waals surface area contributed by atoms with Crippen LogP contribution in [0.5, 0.6) is 0 Å². The van der Waals surface area contributed by atoms with Crippen LogP contribution >= 0.6 is 0 Å². The molecule has 0 amide bonds. The van der Waals surface area contributed by atoms with Gasteiger partial charge < -0.3 is 0 Å². The molecule has 0 saturated carbocycles. The van der Waals surface area contributed by atoms with Crippen molar-refractivity contribution in [1.82, 2.24) is 0 Å². The summed E-state index contributed by atoms with van der Waals surface area (Å²) in [5.41, 5.74) is 3.12. The molecular formula is C20H30O. The number of rotatable bonds is 6. The van der Waals surface area contributed by atoms with E-state index in [2.05, 4.69) is 39.5 Å². The summed E-state index contributed by atoms with van der Waals surface area (Å²) in [6.07, 6.45) is 13.4. The minimum atomic E-state index is -0.0729. The van der Waals surface area contributed by atoms with E-state index in [0.717, 1.165) is 0 Å². The summed E-state index contributed by atoms with van der Waals surface area (Å²) in [6, 6.07) is 0. The first-order valence-electron chi connectivity index (χ1n) is 8.01. The fourth-order valence-electron chi connectivity index (χ4n) is 2.82. The lowest BCUT2D eigenvalue weighted by Crippen LogP contribution is -2.19. The monoisotopic (exact) mass is 286 g/mol. The summed E-state index contributed by atoms with van der Waals surface area (Å²) in [5, 5.41) is 0. The van der Waals surface area contributed by atoms with Gasteiger partial charge in [0.25, 0.3) is 0 Å². The van der Waals surface area contributed by atoms with E-state index in [9.17, 15) is 4.79 Å². The fraction of sp³-hybridized carbons (Fsp3) is 0.550. The smallest absolute Gasteiger partial charge is 0.161 e. The molecule has 1 aliphatic rings. The van der Waals surface area contributed by atoms with Crippen molar-refractivity contribution in [3.05, 3.63) is 48.1 Å². The molecule has 0 N–H and O–H groups in total. The zero-order chi connectivity index (χ0) is 16.0. The molecule has 0 aromatic heterocycles. The number of carbonyl (C=O) groups excluding carboxylic acids is 1. The van der Waals surface area contributed by atoms with Crippen molar-refractivity contribution < 1.29 is 4.79 Å². The van der Waals surface area contributed by atoms with Gasteiger partial charge in [-0.3, -0.25) is 4.79 Å². The van der Waals surface area contributed by atoms with E-state index in [1.165, 1.54) is 30.4 Å². The zero-order valence-corrected chi connectivity index (χ0v) is 14.3. The van der Waals surface area contributed by atoms with Crippen LogP contribution in [0.2, 0.25) is 0 Å². The van der Waals surface area contributed by atoms with Gasteiger partial charge in [0, 0.05) is 5.92 Å². The van der Waals surface area contributed by atoms with Crippen LogP contribution in [-0.2, 0) is 4.79 Å². The first kappa shape index (κ1) is 17.7. The van der Waals surface area contributed by atoms with Crippen LogP contribution in [0.3, 0.4) is 0 Å². The Balaban J connectivity index is 2.77. The highest BCUT2D eigenvalue weighted by atomic mass is 16.1. The summed E-state index contributed by atoms with van der Waals surface area (Å²) < 4.78 is 0. The van der Waals surface area contributed by atoms with Gasteiger partial charge in [0.05, 0.1) is 0 Å². The first-order chi connectivity index (χ1) is 9.77. The number of carbonyl (C=O) groups is 1. The highest BCUT2D eigenvalue weighted by molar-refractivity contribution is 5.92. The van der Waals surface area contributed by atoms with E-state index in [0.29, 0.717) is 0 Å². The van der Waals surface area contributed by atoms with Crippen molar-refractivity contribution in [2.75, 3.05) is 0 Å². The largest absolute Gasteiger partial charge is 0.294 e. The van der Waals surface area contributed by atoms with Crippen LogP contribution < -0.4 is 0 Å². The Bertz CT molecular complexity index is 474. The van der Waals surface area contributed by atoms with Crippen molar-refractivity contribution in [2.24, 2.45) is 17.3 Å². The third-order valence-electron chi connectivity index (χ3n) is 4.48. The SMILES string of the molecule is C=CC(C)/C=C/C(=O)C(C)/C=C/C1=C(C)CCCC1(C)C. The average molecular weight is 286 g/mol. The molecule has 1 nitrogen and oxygen atoms in total. The number of allylic oxidation sites excluding steroid dienone is 7. The fourth-order valence-corrected chi connectivity index (χ4v) is 2.82. The average Bonchev–Trinajstić information content (AvgIpc) is 2.42. The molecule has 2 atom stereocenters. The van der Waals surface area contributed by atoms with E-state index in [4.69, 9.17) is 0 Å². The van der Waals surface area contributed by atoms with E-state index in [1.54, 1.807) is 6.08 Å². The third kappa shape index (κ3) is 5.15. The third-order valence-corrected chi connectivity index (χ3v) is 4.48. The Kier molecular flexibility index (Phi) is 6.39. The molecule has 0 fully saturated rings. The van der Waals surface area contributed by atoms with Crippen molar-refractivity contribution in [3.63, 3.8) is 0 Å². The van der Waals surface area contributed by atoms with Gasteiger partial charge in [0.15, 0.2) is 5.78 Å². The molecule has 0 aliphatic heterocycles. The number of hydrogen-bond donors (Lipinski definition) is 0. The standard InChI is InChI=1S/C20H30O/c1-7-15(2)10-13-19(21)17(4)11-12-18-16(3)9-8-14-20(18,5)6/h7,10-13,15,17H,1,8-9,14H2,2-6H3/b12-11+,13-10+. The summed E-state index contributed by atoms with van der Waals surface area (Å²) in [4.78, 5) is 12.1. The molecule has 0 heterocycles. The molecular weight excluding hydrogens is 256 g/mol. The molecule has 0 saturated heterocycles. The second kappa shape index (κ2) is 7.59. The quantitative estimate of drug-likeness (QED) is 0.455. The maximum Gasteiger partial charge on any atom is 0.161 e. The molecule has 1 heteroatoms. The van der Waals surface area contributed by atoms with Gasteiger partial charge in [0.2, 0.25) is 0 Å². The van der Waals surface area contributed by atoms with E-state index < -0.39 is 0 Å². The van der Waals surface area contributed by atoms with Crippen molar-refractivity contribution in [3.8, 4) is 0 Å². The van der Waals surface area contributed by atoms with Crippen LogP contribution in [0.15, 0.2) is 48.1 Å². The molecule has 116 valence electrons. The lowest BCUT2D eigenvalue weighted by Gasteiger charge is -2.33. The lowest BCUT2D eigenvalue weighted by atomic mass is 9.72. The maximum absolute atomic E-state index is 12.1. The van der Waals surface area contributed by atoms with E-state index in [-0.39, 0.29) is 23.0 Å². The van der Waals surface area contributed by atoms with Gasteiger partial charge in [0.1, 0.15) is 0 Å². The van der Waals surface area contributed by atoms with Gasteiger partial charge in [-0.25, -0.2) is 0 Å². The zero-order valence-electron chi connectivity index (χ0n) is 14.3. The van der Waals surface area contributed by atoms with Crippen LogP contribution in [0, 0.1) is 17.3 Å². The Morgan fingerprint density at radius 2 is 1.95 bits per heavy atom. The Morgan fingerprint density at radius 3 is 2.52 bits per heavy atom. The molecule has 0 aromatic rings. The maximum atomic E-state index is 12.1. The van der Waals surface area contributed by atoms with Gasteiger partial charge >= 0.3 is 0 Å². The van der Waals surface area contributed by atoms with Crippen molar-refractivity contribution >= 4 is 5.78 Å². The molecule has 1 rings (SSSR count). The van der Waals surface area contributed by atoms with Crippen molar-refractivity contribution in [2.45, 2.75) is 53.9 Å². The highest BCUT2D eigenvalue weighted by Crippen LogP contribution is 2.40. The van der Waals surface area contributed by atoms with Gasteiger partial charge in [-0.05, 0) is 49.2 Å². The minimum absolute atomic E-state index is 0.0729. The second-order valence-corrected chi connectivity index (χ2v) is 6.94. The molecule has 2 unspecified atom stereocenters. The van der Waals surface area contributed by atoms with Gasteiger partial charge in [-0.15, -0.1) is 6.58 Å². The topological polar surface area (TPSA) is 17.1 Å². The summed E-state index contributed by atoms with van der Waals surface area (Å²) in [5.74, 6) is 0.329. The van der Waals surface area contributed by atoms with Crippen LogP contribution in [0.4, 0.5) is 0 Å². The molecule has 21 heavy (non-hydrogen) atoms. The van der Waals surface area contributed by atoms with E-state index >= 15 is 0 Å². The second-order valence-electron chi connectivity index (χ2n) is 6.94. The summed E-state index contributed by atoms with van der Waals surface area (Å²) in [6.45, 7) is 14.5. The predicted molar refractivity (Wildman–Crippen MR) is 92.1 cm³/mol. The van der Waals surface area contributed by atoms with Gasteiger partial charge in [-0.2, -0.15) is 0 Å². The lowest BCUT2D eigenvalue weighted by molar-refractivity contribution is -0.116. The van der Waals surface area contributed by atoms with Crippen LogP contribution in [0.25, 0.3) is 0 Å². The minimum Gasteiger partial charge on any atom is -0.294 e. The number of ketones is 1. The van der Waals surface area contributed by atoms with E-state index in [1.807, 2.05) is 26.0 Å². The normalized spacial score (nSPS) is 21.8. The van der Waals surface area contributed by atoms with Crippen LogP contribution in [-0.4, -0.2) is 5.78 Å². The molecule has 1 aliphatic carbocycles. The summed E-state index contributed by atoms with van der Waals surface area (Å²) in [7, 11) is 0. The molecule has 0 spiro atoms. The Morgan fingerprint density at radius 1 is 1.29 bits per heavy atom. The number of hydrogen-bond acceptors (Lipinski definition) is 1. The Labute approximate surface area is 130 Å². The molecule has 0 bridgehead atoms. The molecule has 0 aromatic carbocycles. The van der Waals surface area contributed by atoms with Crippen molar-refractivity contribution in [1.29, 1.82) is 0 Å². The van der Waals surface area contributed by atoms with Gasteiger partial charge in [-0.1, -0.05) is 57.6 Å². The predicted octanol–water partition coefficient (Wildman–Crippen LogP) is 5.65. The first-order valence-corrected chi connectivity index (χ1v) is 8.01. The highest BCUT2D eigenvalue weighted by Gasteiger charge is 2.26.